The second-order valence-corrected chi connectivity index (χ2v) is 13.4. The van der Waals surface area contributed by atoms with Crippen LogP contribution in [0.5, 0.6) is 0 Å². The molecule has 0 saturated carbocycles. The summed E-state index contributed by atoms with van der Waals surface area (Å²) in [6.45, 7) is 5.97. The number of anilines is 1. The molecular formula is C35H38ClN3O4S. The third kappa shape index (κ3) is 8.49. The first-order chi connectivity index (χ1) is 21.1. The largest absolute Gasteiger partial charge is 0.354 e. The molecule has 4 aromatic rings. The van der Waals surface area contributed by atoms with Gasteiger partial charge >= 0.3 is 0 Å². The fourth-order valence-electron chi connectivity index (χ4n) is 4.83. The minimum atomic E-state index is -4.18. The Labute approximate surface area is 265 Å². The van der Waals surface area contributed by atoms with E-state index in [-0.39, 0.29) is 35.4 Å². The number of hydrogen-bond donors (Lipinski definition) is 1. The quantitative estimate of drug-likeness (QED) is 0.189. The summed E-state index contributed by atoms with van der Waals surface area (Å²) >= 11 is 6.28. The Morgan fingerprint density at radius 2 is 1.48 bits per heavy atom. The van der Waals surface area contributed by atoms with Gasteiger partial charge in [0.25, 0.3) is 10.0 Å². The number of benzene rings is 4. The Morgan fingerprint density at radius 3 is 2.11 bits per heavy atom. The highest BCUT2D eigenvalue weighted by atomic mass is 35.5. The second-order valence-electron chi connectivity index (χ2n) is 11.1. The Balaban J connectivity index is 1.80. The number of nitrogens with one attached hydrogen (secondary N) is 1. The van der Waals surface area contributed by atoms with E-state index >= 15 is 0 Å². The molecule has 0 unspecified atom stereocenters. The fraction of sp³-hybridized carbons (Fsp3) is 0.257. The molecule has 2 amide bonds. The first-order valence-electron chi connectivity index (χ1n) is 14.5. The summed E-state index contributed by atoms with van der Waals surface area (Å²) < 4.78 is 29.1. The number of sulfonamides is 1. The van der Waals surface area contributed by atoms with Gasteiger partial charge in [-0.3, -0.25) is 13.9 Å². The van der Waals surface area contributed by atoms with Crippen LogP contribution >= 0.6 is 11.6 Å². The lowest BCUT2D eigenvalue weighted by Crippen LogP contribution is -2.53. The molecular weight excluding hydrogens is 594 g/mol. The molecule has 0 aromatic heterocycles. The zero-order chi connectivity index (χ0) is 31.7. The van der Waals surface area contributed by atoms with Crippen molar-refractivity contribution in [3.63, 3.8) is 0 Å². The van der Waals surface area contributed by atoms with Crippen molar-refractivity contribution in [1.29, 1.82) is 0 Å². The maximum absolute atomic E-state index is 14.5. The molecule has 9 heteroatoms. The van der Waals surface area contributed by atoms with Crippen molar-refractivity contribution in [2.45, 2.75) is 44.7 Å². The van der Waals surface area contributed by atoms with E-state index in [1.165, 1.54) is 23.1 Å². The summed E-state index contributed by atoms with van der Waals surface area (Å²) in [6, 6.07) is 30.6. The van der Waals surface area contributed by atoms with Gasteiger partial charge in [-0.15, -0.1) is 0 Å². The zero-order valence-electron chi connectivity index (χ0n) is 25.2. The molecule has 0 saturated heterocycles. The van der Waals surface area contributed by atoms with Crippen molar-refractivity contribution in [1.82, 2.24) is 10.2 Å². The molecule has 44 heavy (non-hydrogen) atoms. The Bertz CT molecular complexity index is 1660. The average molecular weight is 632 g/mol. The maximum atomic E-state index is 14.5. The lowest BCUT2D eigenvalue weighted by atomic mass is 10.0. The molecule has 0 aliphatic carbocycles. The summed E-state index contributed by atoms with van der Waals surface area (Å²) in [7, 11) is -4.18. The molecule has 0 fully saturated rings. The third-order valence-electron chi connectivity index (χ3n) is 7.26. The van der Waals surface area contributed by atoms with Crippen LogP contribution in [0.3, 0.4) is 0 Å². The van der Waals surface area contributed by atoms with Crippen molar-refractivity contribution in [3.05, 3.63) is 131 Å². The van der Waals surface area contributed by atoms with E-state index in [2.05, 4.69) is 5.32 Å². The van der Waals surface area contributed by atoms with Gasteiger partial charge < -0.3 is 10.2 Å². The maximum Gasteiger partial charge on any atom is 0.264 e. The predicted octanol–water partition coefficient (Wildman–Crippen LogP) is 6.26. The van der Waals surface area contributed by atoms with Gasteiger partial charge in [0.15, 0.2) is 0 Å². The third-order valence-corrected chi connectivity index (χ3v) is 9.29. The lowest BCUT2D eigenvalue weighted by Gasteiger charge is -2.34. The smallest absolute Gasteiger partial charge is 0.264 e. The van der Waals surface area contributed by atoms with Gasteiger partial charge in [-0.05, 0) is 59.9 Å². The predicted molar refractivity (Wildman–Crippen MR) is 176 cm³/mol. The molecule has 4 aromatic carbocycles. The van der Waals surface area contributed by atoms with E-state index in [4.69, 9.17) is 11.6 Å². The number of carbonyl (C=O) groups excluding carboxylic acids is 2. The summed E-state index contributed by atoms with van der Waals surface area (Å²) in [5.74, 6) is -0.621. The van der Waals surface area contributed by atoms with Crippen LogP contribution < -0.4 is 9.62 Å². The number of amides is 2. The summed E-state index contributed by atoms with van der Waals surface area (Å²) in [6.07, 6.45) is 0.255. The molecule has 1 N–H and O–H groups in total. The van der Waals surface area contributed by atoms with Gasteiger partial charge in [0.1, 0.15) is 12.6 Å². The van der Waals surface area contributed by atoms with Crippen LogP contribution in [-0.4, -0.2) is 44.3 Å². The summed E-state index contributed by atoms with van der Waals surface area (Å²) in [4.78, 5) is 29.9. The van der Waals surface area contributed by atoms with Crippen LogP contribution in [-0.2, 0) is 32.6 Å². The number of halogens is 1. The van der Waals surface area contributed by atoms with Crippen molar-refractivity contribution < 1.29 is 18.0 Å². The van der Waals surface area contributed by atoms with E-state index in [9.17, 15) is 18.0 Å². The number of carbonyl (C=O) groups is 2. The van der Waals surface area contributed by atoms with E-state index < -0.39 is 28.5 Å². The minimum Gasteiger partial charge on any atom is -0.354 e. The molecule has 0 radical (unpaired) electrons. The lowest BCUT2D eigenvalue weighted by molar-refractivity contribution is -0.140. The number of hydrogen-bond acceptors (Lipinski definition) is 4. The van der Waals surface area contributed by atoms with Crippen molar-refractivity contribution in [3.8, 4) is 0 Å². The summed E-state index contributed by atoms with van der Waals surface area (Å²) in [5, 5.41) is 3.33. The molecule has 0 bridgehead atoms. The van der Waals surface area contributed by atoms with Crippen LogP contribution in [0.1, 0.15) is 30.5 Å². The molecule has 0 heterocycles. The van der Waals surface area contributed by atoms with Gasteiger partial charge in [0.2, 0.25) is 11.8 Å². The standard InChI is InChI=1S/C35H38ClN3O4S/c1-26(2)23-37-35(41)33(21-28-14-6-4-7-15-28)38(24-29-16-11-10-13-27(29)3)34(40)25-39(31-18-12-17-30(36)22-31)44(42,43)32-19-8-5-9-20-32/h4-20,22,26,33H,21,23-25H2,1-3H3,(H,37,41)/t33-/m0/s1. The summed E-state index contributed by atoms with van der Waals surface area (Å²) in [5.41, 5.74) is 2.93. The van der Waals surface area contributed by atoms with Crippen LogP contribution in [0.25, 0.3) is 0 Å². The van der Waals surface area contributed by atoms with Gasteiger partial charge in [-0.25, -0.2) is 8.42 Å². The van der Waals surface area contributed by atoms with E-state index in [0.717, 1.165) is 21.0 Å². The molecule has 0 spiro atoms. The number of nitrogens with zero attached hydrogens (tertiary/aromatic N) is 2. The average Bonchev–Trinajstić information content (AvgIpc) is 3.02. The van der Waals surface area contributed by atoms with Crippen LogP contribution in [0.2, 0.25) is 5.02 Å². The van der Waals surface area contributed by atoms with Gasteiger partial charge in [-0.1, -0.05) is 104 Å². The SMILES string of the molecule is Cc1ccccc1CN(C(=O)CN(c1cccc(Cl)c1)S(=O)(=O)c1ccccc1)[C@@H](Cc1ccccc1)C(=O)NCC(C)C. The monoisotopic (exact) mass is 631 g/mol. The van der Waals surface area contributed by atoms with Gasteiger partial charge in [0, 0.05) is 24.5 Å². The van der Waals surface area contributed by atoms with Crippen molar-refractivity contribution in [2.75, 3.05) is 17.4 Å². The van der Waals surface area contributed by atoms with Crippen LogP contribution in [0.4, 0.5) is 5.69 Å². The van der Waals surface area contributed by atoms with Gasteiger partial charge in [0.05, 0.1) is 10.6 Å². The molecule has 230 valence electrons. The number of aryl methyl sites for hydroxylation is 1. The van der Waals surface area contributed by atoms with Crippen LogP contribution in [0, 0.1) is 12.8 Å². The fourth-order valence-corrected chi connectivity index (χ4v) is 6.44. The highest BCUT2D eigenvalue weighted by molar-refractivity contribution is 7.92. The van der Waals surface area contributed by atoms with Crippen LogP contribution in [0.15, 0.2) is 114 Å². The van der Waals surface area contributed by atoms with E-state index in [1.54, 1.807) is 36.4 Å². The van der Waals surface area contributed by atoms with E-state index in [0.29, 0.717) is 11.6 Å². The second kappa shape index (κ2) is 15.0. The normalized spacial score (nSPS) is 12.0. The molecule has 4 rings (SSSR count). The Hall–Kier alpha value is -4.14. The Morgan fingerprint density at radius 1 is 0.841 bits per heavy atom. The first kappa shape index (κ1) is 32.8. The molecule has 1 atom stereocenters. The van der Waals surface area contributed by atoms with Gasteiger partial charge in [-0.2, -0.15) is 0 Å². The highest BCUT2D eigenvalue weighted by Gasteiger charge is 2.34. The Kier molecular flexibility index (Phi) is 11.2. The molecule has 0 aliphatic heterocycles. The highest BCUT2D eigenvalue weighted by Crippen LogP contribution is 2.27. The van der Waals surface area contributed by atoms with Crippen molar-refractivity contribution in [2.24, 2.45) is 5.92 Å². The molecule has 7 nitrogen and oxygen atoms in total. The first-order valence-corrected chi connectivity index (χ1v) is 16.4. The van der Waals surface area contributed by atoms with Crippen molar-refractivity contribution >= 4 is 39.1 Å². The van der Waals surface area contributed by atoms with E-state index in [1.807, 2.05) is 75.4 Å². The zero-order valence-corrected chi connectivity index (χ0v) is 26.8. The molecule has 0 aliphatic rings. The minimum absolute atomic E-state index is 0.0359. The topological polar surface area (TPSA) is 86.8 Å². The number of rotatable bonds is 13.